The molecule has 0 radical (unpaired) electrons. The van der Waals surface area contributed by atoms with Crippen molar-refractivity contribution in [3.05, 3.63) is 58.5 Å². The van der Waals surface area contributed by atoms with Gasteiger partial charge in [0, 0.05) is 6.54 Å². The van der Waals surface area contributed by atoms with Crippen molar-refractivity contribution in [2.75, 3.05) is 0 Å². The molecule has 1 heterocycles. The van der Waals surface area contributed by atoms with E-state index in [2.05, 4.69) is 18.3 Å². The minimum Gasteiger partial charge on any atom is -0.465 e. The number of nitrogens with one attached hydrogen (secondary N) is 1. The van der Waals surface area contributed by atoms with Crippen molar-refractivity contribution in [2.45, 2.75) is 33.4 Å². The molecule has 0 aliphatic rings. The number of hydrogen-bond acceptors (Lipinski definition) is 3. The van der Waals surface area contributed by atoms with Gasteiger partial charge >= 0.3 is 0 Å². The first-order valence-corrected chi connectivity index (χ1v) is 6.39. The number of hydrogen-bond donors (Lipinski definition) is 1. The maximum absolute atomic E-state index is 8.84. The molecule has 0 aliphatic heterocycles. The number of rotatable bonds is 4. The first-order valence-electron chi connectivity index (χ1n) is 6.39. The van der Waals surface area contributed by atoms with E-state index < -0.39 is 0 Å². The molecule has 0 saturated carbocycles. The zero-order valence-electron chi connectivity index (χ0n) is 11.5. The van der Waals surface area contributed by atoms with Gasteiger partial charge in [0.25, 0.3) is 0 Å². The van der Waals surface area contributed by atoms with Crippen molar-refractivity contribution < 1.29 is 4.42 Å². The van der Waals surface area contributed by atoms with Crippen LogP contribution in [0.2, 0.25) is 0 Å². The summed E-state index contributed by atoms with van der Waals surface area (Å²) in [6.07, 6.45) is 0. The van der Waals surface area contributed by atoms with Gasteiger partial charge < -0.3 is 9.73 Å². The van der Waals surface area contributed by atoms with E-state index in [4.69, 9.17) is 9.68 Å². The minimum absolute atomic E-state index is 0.170. The molecule has 2 aromatic rings. The predicted octanol–water partition coefficient (Wildman–Crippen LogP) is 3.62. The summed E-state index contributed by atoms with van der Waals surface area (Å²) in [6, 6.07) is 12.1. The van der Waals surface area contributed by atoms with Crippen LogP contribution in [0.4, 0.5) is 0 Å². The molecule has 0 amide bonds. The molecule has 19 heavy (non-hydrogen) atoms. The van der Waals surface area contributed by atoms with E-state index in [1.807, 2.05) is 44.2 Å². The highest BCUT2D eigenvalue weighted by molar-refractivity contribution is 5.37. The molecular weight excluding hydrogens is 236 g/mol. The van der Waals surface area contributed by atoms with Crippen LogP contribution >= 0.6 is 0 Å². The minimum atomic E-state index is 0.170. The average Bonchev–Trinajstić information content (AvgIpc) is 2.83. The van der Waals surface area contributed by atoms with Crippen LogP contribution in [0.3, 0.4) is 0 Å². The normalized spacial score (nSPS) is 12.1. The molecular formula is C16H18N2O. The van der Waals surface area contributed by atoms with Crippen LogP contribution in [0.15, 0.2) is 34.7 Å². The zero-order valence-corrected chi connectivity index (χ0v) is 11.5. The monoisotopic (exact) mass is 254 g/mol. The second-order valence-electron chi connectivity index (χ2n) is 4.80. The van der Waals surface area contributed by atoms with Crippen molar-refractivity contribution in [1.82, 2.24) is 5.32 Å². The quantitative estimate of drug-likeness (QED) is 0.906. The lowest BCUT2D eigenvalue weighted by atomic mass is 10.1. The van der Waals surface area contributed by atoms with Gasteiger partial charge in [0.15, 0.2) is 0 Å². The second-order valence-corrected chi connectivity index (χ2v) is 4.80. The summed E-state index contributed by atoms with van der Waals surface area (Å²) >= 11 is 0. The lowest BCUT2D eigenvalue weighted by molar-refractivity contribution is 0.415. The molecule has 0 fully saturated rings. The van der Waals surface area contributed by atoms with E-state index in [9.17, 15) is 0 Å². The molecule has 0 bridgehead atoms. The fourth-order valence-corrected chi connectivity index (χ4v) is 2.01. The molecule has 1 N–H and O–H groups in total. The van der Waals surface area contributed by atoms with E-state index in [-0.39, 0.29) is 6.04 Å². The Hall–Kier alpha value is -2.05. The first kappa shape index (κ1) is 13.4. The Balaban J connectivity index is 2.01. The fraction of sp³-hybridized carbons (Fsp3) is 0.312. The van der Waals surface area contributed by atoms with Gasteiger partial charge in [-0.25, -0.2) is 0 Å². The Morgan fingerprint density at radius 1 is 1.26 bits per heavy atom. The number of nitrogens with zero attached hydrogens (tertiary/aromatic N) is 1. The van der Waals surface area contributed by atoms with Crippen molar-refractivity contribution in [2.24, 2.45) is 0 Å². The van der Waals surface area contributed by atoms with Crippen LogP contribution in [-0.2, 0) is 6.54 Å². The zero-order chi connectivity index (χ0) is 13.8. The molecule has 98 valence electrons. The van der Waals surface area contributed by atoms with Gasteiger partial charge in [0.1, 0.15) is 11.5 Å². The third-order valence-electron chi connectivity index (χ3n) is 3.26. The summed E-state index contributed by atoms with van der Waals surface area (Å²) in [5.41, 5.74) is 3.04. The topological polar surface area (TPSA) is 49.0 Å². The molecule has 1 aromatic carbocycles. The predicted molar refractivity (Wildman–Crippen MR) is 74.6 cm³/mol. The molecule has 0 spiro atoms. The maximum Gasteiger partial charge on any atom is 0.120 e. The van der Waals surface area contributed by atoms with Gasteiger partial charge in [-0.2, -0.15) is 5.26 Å². The Bertz CT molecular complexity index is 607. The maximum atomic E-state index is 8.84. The van der Waals surface area contributed by atoms with Crippen LogP contribution in [0.1, 0.15) is 41.2 Å². The summed E-state index contributed by atoms with van der Waals surface area (Å²) < 4.78 is 5.59. The van der Waals surface area contributed by atoms with E-state index in [0.717, 1.165) is 23.6 Å². The highest BCUT2D eigenvalue weighted by Gasteiger charge is 2.09. The summed E-state index contributed by atoms with van der Waals surface area (Å²) in [5, 5.41) is 12.3. The molecule has 2 rings (SSSR count). The summed E-state index contributed by atoms with van der Waals surface area (Å²) in [7, 11) is 0. The van der Waals surface area contributed by atoms with E-state index >= 15 is 0 Å². The Labute approximate surface area is 113 Å². The van der Waals surface area contributed by atoms with Crippen LogP contribution < -0.4 is 5.32 Å². The molecule has 1 atom stereocenters. The number of furan rings is 1. The molecule has 3 heteroatoms. The summed E-state index contributed by atoms with van der Waals surface area (Å²) in [5.74, 6) is 1.88. The smallest absolute Gasteiger partial charge is 0.120 e. The third kappa shape index (κ3) is 3.24. The van der Waals surface area contributed by atoms with Crippen molar-refractivity contribution in [3.8, 4) is 6.07 Å². The average molecular weight is 254 g/mol. The SMILES string of the molecule is Cc1ccc(C(C)NCc2ccc(C#N)cc2C)o1. The lowest BCUT2D eigenvalue weighted by Crippen LogP contribution is -2.18. The summed E-state index contributed by atoms with van der Waals surface area (Å²) in [4.78, 5) is 0. The third-order valence-corrected chi connectivity index (χ3v) is 3.26. The Kier molecular flexibility index (Phi) is 4.03. The van der Waals surface area contributed by atoms with Gasteiger partial charge in [0.05, 0.1) is 17.7 Å². The standard InChI is InChI=1S/C16H18N2O/c1-11-8-14(9-17)5-6-15(11)10-18-13(3)16-7-4-12(2)19-16/h4-8,13,18H,10H2,1-3H3. The molecule has 0 saturated heterocycles. The molecule has 3 nitrogen and oxygen atoms in total. The van der Waals surface area contributed by atoms with Crippen molar-refractivity contribution in [1.29, 1.82) is 5.26 Å². The highest BCUT2D eigenvalue weighted by atomic mass is 16.3. The largest absolute Gasteiger partial charge is 0.465 e. The second kappa shape index (κ2) is 5.73. The van der Waals surface area contributed by atoms with Crippen LogP contribution in [0, 0.1) is 25.2 Å². The highest BCUT2D eigenvalue weighted by Crippen LogP contribution is 2.17. The fourth-order valence-electron chi connectivity index (χ4n) is 2.01. The lowest BCUT2D eigenvalue weighted by Gasteiger charge is -2.13. The van der Waals surface area contributed by atoms with Crippen molar-refractivity contribution in [3.63, 3.8) is 0 Å². The number of nitriles is 1. The molecule has 1 aromatic heterocycles. The van der Waals surface area contributed by atoms with Crippen LogP contribution in [-0.4, -0.2) is 0 Å². The first-order chi connectivity index (χ1) is 9.10. The Morgan fingerprint density at radius 2 is 2.05 bits per heavy atom. The van der Waals surface area contributed by atoms with Crippen LogP contribution in [0.5, 0.6) is 0 Å². The Morgan fingerprint density at radius 3 is 2.63 bits per heavy atom. The molecule has 0 aliphatic carbocycles. The molecule has 1 unspecified atom stereocenters. The van der Waals surface area contributed by atoms with E-state index in [0.29, 0.717) is 5.56 Å². The van der Waals surface area contributed by atoms with E-state index in [1.165, 1.54) is 5.56 Å². The van der Waals surface area contributed by atoms with E-state index in [1.54, 1.807) is 0 Å². The van der Waals surface area contributed by atoms with Crippen LogP contribution in [0.25, 0.3) is 0 Å². The van der Waals surface area contributed by atoms with Gasteiger partial charge in [-0.05, 0) is 56.2 Å². The number of benzene rings is 1. The van der Waals surface area contributed by atoms with Gasteiger partial charge in [0.2, 0.25) is 0 Å². The van der Waals surface area contributed by atoms with Gasteiger partial charge in [-0.1, -0.05) is 6.07 Å². The summed E-state index contributed by atoms with van der Waals surface area (Å²) in [6.45, 7) is 6.82. The number of aryl methyl sites for hydroxylation is 2. The van der Waals surface area contributed by atoms with Gasteiger partial charge in [-0.3, -0.25) is 0 Å². The van der Waals surface area contributed by atoms with Gasteiger partial charge in [-0.15, -0.1) is 0 Å². The van der Waals surface area contributed by atoms with Crippen molar-refractivity contribution >= 4 is 0 Å².